The molecule has 4 nitrogen and oxygen atoms in total. The minimum atomic E-state index is -0.405. The van der Waals surface area contributed by atoms with E-state index >= 15 is 0 Å². The highest BCUT2D eigenvalue weighted by Gasteiger charge is 2.24. The summed E-state index contributed by atoms with van der Waals surface area (Å²) in [4.78, 5) is 11.7. The number of ether oxygens (including phenoxy) is 2. The summed E-state index contributed by atoms with van der Waals surface area (Å²) in [5.41, 5.74) is 8.19. The maximum Gasteiger partial charge on any atom is 0.339 e. The summed E-state index contributed by atoms with van der Waals surface area (Å²) < 4.78 is 10.4. The summed E-state index contributed by atoms with van der Waals surface area (Å²) in [6, 6.07) is 5.79. The van der Waals surface area contributed by atoms with Gasteiger partial charge in [0, 0.05) is 6.42 Å². The first-order valence-corrected chi connectivity index (χ1v) is 5.55. The van der Waals surface area contributed by atoms with Crippen LogP contribution in [0.4, 0.5) is 0 Å². The highest BCUT2D eigenvalue weighted by Crippen LogP contribution is 2.29. The molecule has 0 fully saturated rings. The Bertz CT molecular complexity index is 491. The standard InChI is InChI=1S/C13H15NO3/c1-3-16-13(15)10-7-9-6-8(2)4-5-11(9)17-12(10)14/h4-6H,3,7,14H2,1-2H3. The molecule has 17 heavy (non-hydrogen) atoms. The van der Waals surface area contributed by atoms with E-state index in [4.69, 9.17) is 15.2 Å². The van der Waals surface area contributed by atoms with Gasteiger partial charge >= 0.3 is 5.97 Å². The normalized spacial score (nSPS) is 14.0. The first kappa shape index (κ1) is 11.5. The molecular weight excluding hydrogens is 218 g/mol. The number of aryl methyl sites for hydroxylation is 1. The summed E-state index contributed by atoms with van der Waals surface area (Å²) in [6.45, 7) is 4.08. The van der Waals surface area contributed by atoms with Gasteiger partial charge in [-0.3, -0.25) is 0 Å². The Morgan fingerprint density at radius 3 is 3.00 bits per heavy atom. The number of benzene rings is 1. The van der Waals surface area contributed by atoms with Crippen LogP contribution in [-0.4, -0.2) is 12.6 Å². The van der Waals surface area contributed by atoms with E-state index in [1.54, 1.807) is 6.92 Å². The fourth-order valence-corrected chi connectivity index (χ4v) is 1.79. The predicted octanol–water partition coefficient (Wildman–Crippen LogP) is 1.66. The monoisotopic (exact) mass is 233 g/mol. The van der Waals surface area contributed by atoms with E-state index in [1.165, 1.54) is 0 Å². The quantitative estimate of drug-likeness (QED) is 0.789. The first-order chi connectivity index (χ1) is 8.11. The van der Waals surface area contributed by atoms with Gasteiger partial charge in [-0.1, -0.05) is 17.7 Å². The van der Waals surface area contributed by atoms with Crippen LogP contribution in [0.3, 0.4) is 0 Å². The van der Waals surface area contributed by atoms with Crippen molar-refractivity contribution in [3.05, 3.63) is 40.8 Å². The molecule has 1 heterocycles. The van der Waals surface area contributed by atoms with E-state index in [0.717, 1.165) is 11.1 Å². The second-order valence-corrected chi connectivity index (χ2v) is 3.95. The van der Waals surface area contributed by atoms with Gasteiger partial charge in [-0.2, -0.15) is 0 Å². The molecule has 0 spiro atoms. The lowest BCUT2D eigenvalue weighted by Gasteiger charge is -2.20. The Hall–Kier alpha value is -1.97. The number of hydrogen-bond acceptors (Lipinski definition) is 4. The van der Waals surface area contributed by atoms with Crippen molar-refractivity contribution in [2.24, 2.45) is 5.73 Å². The first-order valence-electron chi connectivity index (χ1n) is 5.55. The SMILES string of the molecule is CCOC(=O)C1=C(N)Oc2ccc(C)cc2C1. The molecule has 2 rings (SSSR count). The topological polar surface area (TPSA) is 61.5 Å². The van der Waals surface area contributed by atoms with Crippen LogP contribution in [0.15, 0.2) is 29.7 Å². The van der Waals surface area contributed by atoms with E-state index < -0.39 is 5.97 Å². The second-order valence-electron chi connectivity index (χ2n) is 3.95. The van der Waals surface area contributed by atoms with Gasteiger partial charge in [0.05, 0.1) is 6.61 Å². The Labute approximate surface area is 100 Å². The number of carbonyl (C=O) groups is 1. The van der Waals surface area contributed by atoms with E-state index in [2.05, 4.69) is 0 Å². The second kappa shape index (κ2) is 4.49. The molecule has 0 unspecified atom stereocenters. The summed E-state index contributed by atoms with van der Waals surface area (Å²) in [7, 11) is 0. The fourth-order valence-electron chi connectivity index (χ4n) is 1.79. The zero-order chi connectivity index (χ0) is 12.4. The molecule has 1 aliphatic rings. The number of nitrogens with two attached hydrogens (primary N) is 1. The van der Waals surface area contributed by atoms with Crippen molar-refractivity contribution in [3.8, 4) is 5.75 Å². The van der Waals surface area contributed by atoms with Crippen LogP contribution in [0, 0.1) is 6.92 Å². The summed E-state index contributed by atoms with van der Waals surface area (Å²) in [5, 5.41) is 0. The van der Waals surface area contributed by atoms with E-state index in [1.807, 2.05) is 25.1 Å². The van der Waals surface area contributed by atoms with Crippen molar-refractivity contribution in [2.75, 3.05) is 6.61 Å². The molecule has 0 aromatic heterocycles. The smallest absolute Gasteiger partial charge is 0.339 e. The average Bonchev–Trinajstić information content (AvgIpc) is 2.29. The van der Waals surface area contributed by atoms with Gasteiger partial charge in [0.1, 0.15) is 11.3 Å². The highest BCUT2D eigenvalue weighted by molar-refractivity contribution is 5.90. The molecule has 90 valence electrons. The van der Waals surface area contributed by atoms with Crippen LogP contribution in [0.2, 0.25) is 0 Å². The number of carbonyl (C=O) groups excluding carboxylic acids is 1. The van der Waals surface area contributed by atoms with Crippen molar-refractivity contribution in [1.82, 2.24) is 0 Å². The van der Waals surface area contributed by atoms with Crippen LogP contribution in [-0.2, 0) is 16.0 Å². The molecule has 0 saturated heterocycles. The Morgan fingerprint density at radius 2 is 2.29 bits per heavy atom. The lowest BCUT2D eigenvalue weighted by molar-refractivity contribution is -0.138. The predicted molar refractivity (Wildman–Crippen MR) is 63.4 cm³/mol. The van der Waals surface area contributed by atoms with E-state index in [0.29, 0.717) is 24.4 Å². The van der Waals surface area contributed by atoms with Crippen LogP contribution in [0.5, 0.6) is 5.75 Å². The Kier molecular flexibility index (Phi) is 3.04. The van der Waals surface area contributed by atoms with Crippen molar-refractivity contribution < 1.29 is 14.3 Å². The van der Waals surface area contributed by atoms with Gasteiger partial charge in [-0.05, 0) is 25.5 Å². The third-order valence-corrected chi connectivity index (χ3v) is 2.62. The number of hydrogen-bond donors (Lipinski definition) is 1. The molecule has 0 aliphatic carbocycles. The summed E-state index contributed by atoms with van der Waals surface area (Å²) >= 11 is 0. The number of fused-ring (bicyclic) bond motifs is 1. The summed E-state index contributed by atoms with van der Waals surface area (Å²) in [5.74, 6) is 0.443. The van der Waals surface area contributed by atoms with Gasteiger partial charge in [0.25, 0.3) is 0 Å². The molecular formula is C13H15NO3. The van der Waals surface area contributed by atoms with E-state index in [9.17, 15) is 4.79 Å². The van der Waals surface area contributed by atoms with Crippen molar-refractivity contribution >= 4 is 5.97 Å². The molecule has 0 saturated carbocycles. The Morgan fingerprint density at radius 1 is 1.53 bits per heavy atom. The molecule has 0 bridgehead atoms. The molecule has 1 aromatic carbocycles. The van der Waals surface area contributed by atoms with Gasteiger partial charge in [-0.15, -0.1) is 0 Å². The van der Waals surface area contributed by atoms with Crippen molar-refractivity contribution in [2.45, 2.75) is 20.3 Å². The van der Waals surface area contributed by atoms with Crippen molar-refractivity contribution in [1.29, 1.82) is 0 Å². The third kappa shape index (κ3) is 2.25. The fraction of sp³-hybridized carbons (Fsp3) is 0.308. The zero-order valence-electron chi connectivity index (χ0n) is 9.95. The van der Waals surface area contributed by atoms with Gasteiger partial charge in [0.2, 0.25) is 5.88 Å². The van der Waals surface area contributed by atoms with Gasteiger partial charge in [0.15, 0.2) is 0 Å². The number of esters is 1. The van der Waals surface area contributed by atoms with Crippen molar-refractivity contribution in [3.63, 3.8) is 0 Å². The van der Waals surface area contributed by atoms with Crippen LogP contribution < -0.4 is 10.5 Å². The molecule has 0 radical (unpaired) electrons. The van der Waals surface area contributed by atoms with Crippen LogP contribution in [0.25, 0.3) is 0 Å². The lowest BCUT2D eigenvalue weighted by atomic mass is 10.0. The number of rotatable bonds is 2. The molecule has 1 aromatic rings. The van der Waals surface area contributed by atoms with Crippen LogP contribution in [0.1, 0.15) is 18.1 Å². The van der Waals surface area contributed by atoms with E-state index in [-0.39, 0.29) is 5.88 Å². The average molecular weight is 233 g/mol. The van der Waals surface area contributed by atoms with Gasteiger partial charge < -0.3 is 15.2 Å². The maximum atomic E-state index is 11.7. The third-order valence-electron chi connectivity index (χ3n) is 2.62. The molecule has 1 aliphatic heterocycles. The minimum Gasteiger partial charge on any atom is -0.462 e. The lowest BCUT2D eigenvalue weighted by Crippen LogP contribution is -2.23. The van der Waals surface area contributed by atoms with Crippen LogP contribution >= 0.6 is 0 Å². The molecule has 0 atom stereocenters. The Balaban J connectivity index is 2.30. The zero-order valence-corrected chi connectivity index (χ0v) is 9.95. The largest absolute Gasteiger partial charge is 0.462 e. The molecule has 4 heteroatoms. The summed E-state index contributed by atoms with van der Waals surface area (Å²) in [6.07, 6.45) is 0.460. The molecule has 0 amide bonds. The molecule has 2 N–H and O–H groups in total. The van der Waals surface area contributed by atoms with Gasteiger partial charge in [-0.25, -0.2) is 4.79 Å². The highest BCUT2D eigenvalue weighted by atomic mass is 16.5. The maximum absolute atomic E-state index is 11.7. The minimum absolute atomic E-state index is 0.139.